The molecule has 12 nitrogen and oxygen atoms in total. The smallest absolute Gasteiger partial charge is 0.408 e. The molecule has 3 N–H and O–H groups in total. The van der Waals surface area contributed by atoms with E-state index in [1.54, 1.807) is 37.3 Å². The van der Waals surface area contributed by atoms with Gasteiger partial charge in [-0.2, -0.15) is 0 Å². The average Bonchev–Trinajstić information content (AvgIpc) is 3.55. The summed E-state index contributed by atoms with van der Waals surface area (Å²) in [4.78, 5) is 41.1. The molecule has 5 aromatic rings. The van der Waals surface area contributed by atoms with E-state index in [2.05, 4.69) is 10.6 Å². The summed E-state index contributed by atoms with van der Waals surface area (Å²) in [7, 11) is 0. The number of aromatic hydroxyl groups is 1. The molecule has 1 heterocycles. The maximum atomic E-state index is 14.2. The van der Waals surface area contributed by atoms with Crippen LogP contribution in [-0.4, -0.2) is 47.7 Å². The third-order valence-corrected chi connectivity index (χ3v) is 8.79. The third-order valence-electron chi connectivity index (χ3n) is 8.79. The van der Waals surface area contributed by atoms with Gasteiger partial charge in [0, 0.05) is 19.8 Å². The van der Waals surface area contributed by atoms with Gasteiger partial charge in [0.1, 0.15) is 31.9 Å². The van der Waals surface area contributed by atoms with E-state index in [9.17, 15) is 19.5 Å². The highest BCUT2D eigenvalue weighted by Gasteiger charge is 2.38. The van der Waals surface area contributed by atoms with Crippen molar-refractivity contribution in [1.82, 2.24) is 10.6 Å². The zero-order valence-electron chi connectivity index (χ0n) is 31.1. The lowest BCUT2D eigenvalue weighted by Crippen LogP contribution is -2.53. The van der Waals surface area contributed by atoms with E-state index in [-0.39, 0.29) is 44.2 Å². The van der Waals surface area contributed by atoms with Crippen molar-refractivity contribution in [3.05, 3.63) is 155 Å². The van der Waals surface area contributed by atoms with Crippen LogP contribution in [0, 0.1) is 0 Å². The lowest BCUT2D eigenvalue weighted by molar-refractivity contribution is -0.266. The van der Waals surface area contributed by atoms with Crippen LogP contribution in [0.4, 0.5) is 4.79 Å². The standard InChI is InChI=1S/C44H44N2O10/c1-3-54-44(2)55-38-22-20-34(26-40(38)56-44)23-35(46-43(50)53-29-32-17-11-6-12-18-32)41(48)45-36(42(49)52-28-31-15-9-5-10-16-31)24-33-19-21-37(47)39(25-33)51-27-30-13-7-4-8-14-30/h4-22,25-26,35-36,47H,3,23-24,27-29H2,1-2H3,(H,45,48)(H,46,50)/t35-,36-,44?/m0/s1. The van der Waals surface area contributed by atoms with Crippen LogP contribution >= 0.6 is 0 Å². The van der Waals surface area contributed by atoms with Gasteiger partial charge in [-0.15, -0.1) is 0 Å². The van der Waals surface area contributed by atoms with Crippen molar-refractivity contribution in [2.75, 3.05) is 6.61 Å². The Bertz CT molecular complexity index is 2080. The Morgan fingerprint density at radius 1 is 0.643 bits per heavy atom. The zero-order valence-corrected chi connectivity index (χ0v) is 31.1. The molecule has 1 aliphatic heterocycles. The molecule has 290 valence electrons. The van der Waals surface area contributed by atoms with E-state index in [1.165, 1.54) is 6.07 Å². The number of rotatable bonds is 17. The quantitative estimate of drug-likeness (QED) is 0.0868. The number of ether oxygens (including phenoxy) is 6. The number of nitrogens with one attached hydrogen (secondary N) is 2. The van der Waals surface area contributed by atoms with Gasteiger partial charge in [0.05, 0.1) is 6.61 Å². The monoisotopic (exact) mass is 760 g/mol. The largest absolute Gasteiger partial charge is 0.504 e. The summed E-state index contributed by atoms with van der Waals surface area (Å²) >= 11 is 0. The van der Waals surface area contributed by atoms with Crippen LogP contribution < -0.4 is 24.8 Å². The van der Waals surface area contributed by atoms with Crippen molar-refractivity contribution in [2.45, 2.75) is 64.6 Å². The third kappa shape index (κ3) is 11.0. The van der Waals surface area contributed by atoms with Gasteiger partial charge >= 0.3 is 18.0 Å². The molecular weight excluding hydrogens is 716 g/mol. The van der Waals surface area contributed by atoms with E-state index in [4.69, 9.17) is 28.4 Å². The van der Waals surface area contributed by atoms with Crippen LogP contribution in [0.25, 0.3) is 0 Å². The van der Waals surface area contributed by atoms with Gasteiger partial charge in [-0.1, -0.05) is 103 Å². The molecule has 0 radical (unpaired) electrons. The van der Waals surface area contributed by atoms with Crippen molar-refractivity contribution in [3.8, 4) is 23.0 Å². The fraction of sp³-hybridized carbons (Fsp3) is 0.250. The van der Waals surface area contributed by atoms with Crippen molar-refractivity contribution < 1.29 is 47.9 Å². The highest BCUT2D eigenvalue weighted by molar-refractivity contribution is 5.90. The molecule has 0 spiro atoms. The molecule has 3 atom stereocenters. The summed E-state index contributed by atoms with van der Waals surface area (Å²) in [5.74, 6) is -1.68. The second-order valence-electron chi connectivity index (χ2n) is 13.2. The van der Waals surface area contributed by atoms with Gasteiger partial charge < -0.3 is 44.2 Å². The summed E-state index contributed by atoms with van der Waals surface area (Å²) in [6.07, 6.45) is -0.857. The van der Waals surface area contributed by atoms with Gasteiger partial charge in [-0.25, -0.2) is 9.59 Å². The molecule has 0 bridgehead atoms. The number of hydrogen-bond acceptors (Lipinski definition) is 10. The molecule has 0 aliphatic carbocycles. The molecule has 0 aromatic heterocycles. The van der Waals surface area contributed by atoms with Crippen LogP contribution in [0.3, 0.4) is 0 Å². The first-order valence-electron chi connectivity index (χ1n) is 18.3. The number of carbonyl (C=O) groups excluding carboxylic acids is 3. The summed E-state index contributed by atoms with van der Waals surface area (Å²) < 4.78 is 34.4. The normalized spacial score (nSPS) is 15.2. The average molecular weight is 761 g/mol. The number of fused-ring (bicyclic) bond motifs is 1. The number of benzene rings is 5. The first kappa shape index (κ1) is 39.2. The van der Waals surface area contributed by atoms with Crippen LogP contribution in [0.2, 0.25) is 0 Å². The molecule has 0 saturated heterocycles. The van der Waals surface area contributed by atoms with Crippen molar-refractivity contribution in [3.63, 3.8) is 0 Å². The number of phenolic OH excluding ortho intramolecular Hbond substituents is 1. The minimum absolute atomic E-state index is 0.00325. The molecule has 1 aliphatic rings. The number of hydrogen-bond donors (Lipinski definition) is 3. The fourth-order valence-electron chi connectivity index (χ4n) is 6.00. The van der Waals surface area contributed by atoms with E-state index >= 15 is 0 Å². The predicted molar refractivity (Wildman–Crippen MR) is 206 cm³/mol. The highest BCUT2D eigenvalue weighted by atomic mass is 16.9. The van der Waals surface area contributed by atoms with Crippen molar-refractivity contribution >= 4 is 18.0 Å². The Hall–Kier alpha value is -6.53. The van der Waals surface area contributed by atoms with Crippen LogP contribution in [0.1, 0.15) is 41.7 Å². The van der Waals surface area contributed by atoms with E-state index < -0.39 is 36.0 Å². The van der Waals surface area contributed by atoms with Crippen molar-refractivity contribution in [1.29, 1.82) is 0 Å². The van der Waals surface area contributed by atoms with Crippen LogP contribution in [0.5, 0.6) is 23.0 Å². The van der Waals surface area contributed by atoms with Crippen LogP contribution in [0.15, 0.2) is 127 Å². The van der Waals surface area contributed by atoms with Crippen LogP contribution in [-0.2, 0) is 56.5 Å². The summed E-state index contributed by atoms with van der Waals surface area (Å²) in [6, 6.07) is 35.2. The van der Waals surface area contributed by atoms with Gasteiger partial charge in [0.25, 0.3) is 0 Å². The van der Waals surface area contributed by atoms with Crippen molar-refractivity contribution in [2.24, 2.45) is 0 Å². The molecule has 1 unspecified atom stereocenters. The molecule has 0 saturated carbocycles. The molecule has 6 rings (SSSR count). The first-order valence-corrected chi connectivity index (χ1v) is 18.3. The molecular formula is C44H44N2O10. The fourth-order valence-corrected chi connectivity index (χ4v) is 6.00. The van der Waals surface area contributed by atoms with Gasteiger partial charge in [-0.3, -0.25) is 4.79 Å². The number of phenols is 1. The van der Waals surface area contributed by atoms with E-state index in [1.807, 2.05) is 97.9 Å². The SMILES string of the molecule is CCOC1(C)Oc2ccc(C[C@H](NC(=O)OCc3ccccc3)C(=O)N[C@@H](Cc3ccc(O)c(OCc4ccccc4)c3)C(=O)OCc3ccccc3)cc2O1. The van der Waals surface area contributed by atoms with E-state index in [0.29, 0.717) is 29.2 Å². The maximum absolute atomic E-state index is 14.2. The summed E-state index contributed by atoms with van der Waals surface area (Å²) in [6.45, 7) is 3.98. The minimum atomic E-state index is -1.31. The lowest BCUT2D eigenvalue weighted by Gasteiger charge is -2.23. The second kappa shape index (κ2) is 18.7. The zero-order chi connectivity index (χ0) is 39.3. The Morgan fingerprint density at radius 2 is 1.20 bits per heavy atom. The number of alkyl carbamates (subject to hydrolysis) is 1. The van der Waals surface area contributed by atoms with Gasteiger partial charge in [0.2, 0.25) is 5.91 Å². The summed E-state index contributed by atoms with van der Waals surface area (Å²) in [5, 5.41) is 16.1. The second-order valence-corrected chi connectivity index (χ2v) is 13.2. The lowest BCUT2D eigenvalue weighted by atomic mass is 10.0. The Kier molecular flexibility index (Phi) is 13.1. The number of esters is 1. The summed E-state index contributed by atoms with van der Waals surface area (Å²) in [5.41, 5.74) is 3.62. The van der Waals surface area contributed by atoms with Gasteiger partial charge in [-0.05, 0) is 59.0 Å². The Morgan fingerprint density at radius 3 is 1.84 bits per heavy atom. The predicted octanol–water partition coefficient (Wildman–Crippen LogP) is 6.76. The molecule has 5 aromatic carbocycles. The maximum Gasteiger partial charge on any atom is 0.408 e. The first-order chi connectivity index (χ1) is 27.2. The minimum Gasteiger partial charge on any atom is -0.504 e. The van der Waals surface area contributed by atoms with E-state index in [0.717, 1.165) is 16.7 Å². The number of amides is 2. The molecule has 12 heteroatoms. The van der Waals surface area contributed by atoms with Gasteiger partial charge in [0.15, 0.2) is 23.0 Å². The molecule has 0 fully saturated rings. The molecule has 56 heavy (non-hydrogen) atoms. The Balaban J connectivity index is 1.22. The number of carbonyl (C=O) groups is 3. The molecule has 2 amide bonds. The topological polar surface area (TPSA) is 151 Å². The highest BCUT2D eigenvalue weighted by Crippen LogP contribution is 2.40. The Labute approximate surface area is 325 Å².